The van der Waals surface area contributed by atoms with Crippen molar-refractivity contribution in [2.45, 2.75) is 25.7 Å². The molecule has 2 aliphatic rings. The van der Waals surface area contributed by atoms with Gasteiger partial charge in [-0.1, -0.05) is 6.07 Å². The zero-order valence-corrected chi connectivity index (χ0v) is 16.7. The van der Waals surface area contributed by atoms with Crippen LogP contribution in [0, 0.1) is 5.92 Å². The molecule has 3 aromatic rings. The number of nitrogens with two attached hydrogens (primary N) is 1. The van der Waals surface area contributed by atoms with E-state index in [1.807, 2.05) is 36.9 Å². The van der Waals surface area contributed by atoms with Crippen molar-refractivity contribution < 1.29 is 9.59 Å². The van der Waals surface area contributed by atoms with Crippen LogP contribution >= 0.6 is 0 Å². The Morgan fingerprint density at radius 1 is 1.37 bits per heavy atom. The van der Waals surface area contributed by atoms with Crippen LogP contribution in [-0.2, 0) is 15.0 Å². The number of hydrogen-bond donors (Lipinski definition) is 3. The minimum Gasteiger partial charge on any atom is -0.369 e. The molecule has 154 valence electrons. The summed E-state index contributed by atoms with van der Waals surface area (Å²) in [7, 11) is 0. The van der Waals surface area contributed by atoms with Crippen molar-refractivity contribution in [2.24, 2.45) is 11.7 Å². The van der Waals surface area contributed by atoms with Crippen LogP contribution in [0.15, 0.2) is 30.6 Å². The maximum absolute atomic E-state index is 12.2. The second-order valence-electron chi connectivity index (χ2n) is 8.25. The quantitative estimate of drug-likeness (QED) is 0.597. The third kappa shape index (κ3) is 2.83. The Bertz CT molecular complexity index is 1180. The van der Waals surface area contributed by atoms with E-state index in [2.05, 4.69) is 25.7 Å². The molecule has 2 amide bonds. The first-order valence-electron chi connectivity index (χ1n) is 9.81. The number of nitrogens with zero attached hydrogens (tertiary/aromatic N) is 5. The lowest BCUT2D eigenvalue weighted by Crippen LogP contribution is -2.28. The molecular formula is C20H22N8O2. The van der Waals surface area contributed by atoms with Crippen LogP contribution < -0.4 is 21.3 Å². The lowest BCUT2D eigenvalue weighted by atomic mass is 9.86. The van der Waals surface area contributed by atoms with E-state index in [0.717, 1.165) is 16.9 Å². The summed E-state index contributed by atoms with van der Waals surface area (Å²) < 4.78 is 1.65. The molecule has 0 saturated carbocycles. The smallest absolute Gasteiger partial charge is 0.247 e. The number of nitrogens with one attached hydrogen (secondary N) is 2. The summed E-state index contributed by atoms with van der Waals surface area (Å²) in [6.45, 7) is 5.02. The van der Waals surface area contributed by atoms with Gasteiger partial charge >= 0.3 is 0 Å². The third-order valence-electron chi connectivity index (χ3n) is 5.89. The highest BCUT2D eigenvalue weighted by atomic mass is 16.2. The van der Waals surface area contributed by atoms with Crippen molar-refractivity contribution in [3.05, 3.63) is 36.2 Å². The van der Waals surface area contributed by atoms with Crippen LogP contribution in [0.5, 0.6) is 0 Å². The van der Waals surface area contributed by atoms with E-state index >= 15 is 0 Å². The zero-order chi connectivity index (χ0) is 21.0. The van der Waals surface area contributed by atoms with E-state index in [9.17, 15) is 9.59 Å². The molecule has 0 spiro atoms. The van der Waals surface area contributed by atoms with E-state index < -0.39 is 5.41 Å². The highest BCUT2D eigenvalue weighted by molar-refractivity contribution is 6.06. The zero-order valence-electron chi connectivity index (χ0n) is 16.7. The number of anilines is 4. The first-order chi connectivity index (χ1) is 14.3. The largest absolute Gasteiger partial charge is 0.369 e. The Morgan fingerprint density at radius 2 is 2.20 bits per heavy atom. The number of primary amides is 1. The number of rotatable bonds is 4. The second kappa shape index (κ2) is 6.41. The molecule has 2 aliphatic heterocycles. The Hall–Kier alpha value is -3.69. The lowest BCUT2D eigenvalue weighted by molar-refractivity contribution is -0.121. The van der Waals surface area contributed by atoms with Gasteiger partial charge in [0, 0.05) is 36.9 Å². The number of aromatic nitrogens is 4. The van der Waals surface area contributed by atoms with Crippen molar-refractivity contribution in [3.8, 4) is 0 Å². The normalized spacial score (nSPS) is 19.7. The summed E-state index contributed by atoms with van der Waals surface area (Å²) >= 11 is 0. The average Bonchev–Trinajstić information content (AvgIpc) is 3.38. The first-order valence-corrected chi connectivity index (χ1v) is 9.81. The molecule has 1 aromatic carbocycles. The molecule has 0 aliphatic carbocycles. The third-order valence-corrected chi connectivity index (χ3v) is 5.89. The molecule has 10 heteroatoms. The van der Waals surface area contributed by atoms with Gasteiger partial charge in [0.25, 0.3) is 0 Å². The number of amides is 2. The van der Waals surface area contributed by atoms with Gasteiger partial charge in [0.1, 0.15) is 0 Å². The number of carbonyl (C=O) groups excluding carboxylic acids is 2. The van der Waals surface area contributed by atoms with Crippen LogP contribution in [0.3, 0.4) is 0 Å². The van der Waals surface area contributed by atoms with Gasteiger partial charge in [-0.3, -0.25) is 9.59 Å². The van der Waals surface area contributed by atoms with Gasteiger partial charge in [-0.25, -0.2) is 9.50 Å². The fourth-order valence-electron chi connectivity index (χ4n) is 4.07. The fourth-order valence-corrected chi connectivity index (χ4v) is 4.07. The van der Waals surface area contributed by atoms with Crippen molar-refractivity contribution in [1.82, 2.24) is 19.6 Å². The standard InChI is InChI=1S/C20H22N8O2/c1-20(2)13-4-3-12(9-14(13)24-18(20)30)23-19-25-17-16(22-6-8-28(17)26-19)27-7-5-11(10-27)15(21)29/h3-4,6,8-9,11H,5,7,10H2,1-2H3,(H2,21,29)(H,23,26)(H,24,30). The molecule has 4 heterocycles. The molecular weight excluding hydrogens is 384 g/mol. The van der Waals surface area contributed by atoms with Gasteiger partial charge in [0.2, 0.25) is 17.8 Å². The van der Waals surface area contributed by atoms with E-state index in [-0.39, 0.29) is 17.7 Å². The molecule has 1 atom stereocenters. The number of fused-ring (bicyclic) bond motifs is 2. The van der Waals surface area contributed by atoms with Gasteiger partial charge in [-0.05, 0) is 38.0 Å². The summed E-state index contributed by atoms with van der Waals surface area (Å²) in [4.78, 5) is 34.7. The van der Waals surface area contributed by atoms with E-state index in [4.69, 9.17) is 5.73 Å². The molecule has 2 aromatic heterocycles. The van der Waals surface area contributed by atoms with Crippen LogP contribution in [0.4, 0.5) is 23.1 Å². The van der Waals surface area contributed by atoms with Crippen LogP contribution in [0.2, 0.25) is 0 Å². The maximum atomic E-state index is 12.2. The van der Waals surface area contributed by atoms with Gasteiger partial charge in [-0.15, -0.1) is 5.10 Å². The Balaban J connectivity index is 1.43. The topological polar surface area (TPSA) is 131 Å². The van der Waals surface area contributed by atoms with Crippen molar-refractivity contribution >= 4 is 40.6 Å². The van der Waals surface area contributed by atoms with Gasteiger partial charge in [0.15, 0.2) is 11.5 Å². The monoisotopic (exact) mass is 406 g/mol. The summed E-state index contributed by atoms with van der Waals surface area (Å²) in [5.74, 6) is 0.595. The summed E-state index contributed by atoms with van der Waals surface area (Å²) in [5.41, 5.74) is 8.02. The van der Waals surface area contributed by atoms with Gasteiger partial charge in [-0.2, -0.15) is 4.98 Å². The Morgan fingerprint density at radius 3 is 2.97 bits per heavy atom. The van der Waals surface area contributed by atoms with Crippen LogP contribution in [0.1, 0.15) is 25.8 Å². The van der Waals surface area contributed by atoms with Crippen molar-refractivity contribution in [2.75, 3.05) is 28.6 Å². The van der Waals surface area contributed by atoms with Gasteiger partial charge < -0.3 is 21.3 Å². The van der Waals surface area contributed by atoms with E-state index in [0.29, 0.717) is 36.9 Å². The highest BCUT2D eigenvalue weighted by Gasteiger charge is 2.38. The number of hydrogen-bond acceptors (Lipinski definition) is 7. The van der Waals surface area contributed by atoms with Crippen LogP contribution in [-0.4, -0.2) is 44.5 Å². The lowest BCUT2D eigenvalue weighted by Gasteiger charge is -2.16. The number of benzene rings is 1. The fraction of sp³-hybridized carbons (Fsp3) is 0.350. The molecule has 0 radical (unpaired) electrons. The minimum absolute atomic E-state index is 0.0175. The molecule has 10 nitrogen and oxygen atoms in total. The maximum Gasteiger partial charge on any atom is 0.247 e. The Labute approximate surface area is 172 Å². The molecule has 1 saturated heterocycles. The molecule has 5 rings (SSSR count). The molecule has 4 N–H and O–H groups in total. The molecule has 1 unspecified atom stereocenters. The SMILES string of the molecule is CC1(C)C(=O)Nc2cc(Nc3nc4c(N5CCC(C(N)=O)C5)nccn4n3)ccc21. The highest BCUT2D eigenvalue weighted by Crippen LogP contribution is 2.39. The number of carbonyl (C=O) groups is 2. The minimum atomic E-state index is -0.547. The second-order valence-corrected chi connectivity index (χ2v) is 8.25. The predicted molar refractivity (Wildman–Crippen MR) is 112 cm³/mol. The van der Waals surface area contributed by atoms with Crippen molar-refractivity contribution in [3.63, 3.8) is 0 Å². The molecule has 30 heavy (non-hydrogen) atoms. The molecule has 1 fully saturated rings. The first kappa shape index (κ1) is 18.3. The van der Waals surface area contributed by atoms with Crippen LogP contribution in [0.25, 0.3) is 5.65 Å². The van der Waals surface area contributed by atoms with E-state index in [1.54, 1.807) is 16.9 Å². The summed E-state index contributed by atoms with van der Waals surface area (Å²) in [6, 6.07) is 5.72. The average molecular weight is 406 g/mol. The van der Waals surface area contributed by atoms with E-state index in [1.165, 1.54) is 0 Å². The molecule has 0 bridgehead atoms. The Kier molecular flexibility index (Phi) is 3.92. The summed E-state index contributed by atoms with van der Waals surface area (Å²) in [5, 5.41) is 10.6. The predicted octanol–water partition coefficient (Wildman–Crippen LogP) is 1.41. The van der Waals surface area contributed by atoms with Crippen molar-refractivity contribution in [1.29, 1.82) is 0 Å². The van der Waals surface area contributed by atoms with Gasteiger partial charge in [0.05, 0.1) is 11.3 Å². The summed E-state index contributed by atoms with van der Waals surface area (Å²) in [6.07, 6.45) is 4.09.